The van der Waals surface area contributed by atoms with E-state index < -0.39 is 14.6 Å². The van der Waals surface area contributed by atoms with Crippen LogP contribution in [-0.4, -0.2) is 20.6 Å². The number of anilines is 1. The lowest BCUT2D eigenvalue weighted by molar-refractivity contribution is 0.103. The van der Waals surface area contributed by atoms with Crippen LogP contribution in [0, 0.1) is 0 Å². The average Bonchev–Trinajstić information content (AvgIpc) is 3.18. The molecule has 0 saturated heterocycles. The van der Waals surface area contributed by atoms with Crippen molar-refractivity contribution in [2.45, 2.75) is 18.6 Å². The maximum absolute atomic E-state index is 12.9. The first kappa shape index (κ1) is 24.5. The van der Waals surface area contributed by atoms with Crippen LogP contribution in [0.5, 0.6) is 11.5 Å². The van der Waals surface area contributed by atoms with Gasteiger partial charge in [-0.25, -0.2) is 8.42 Å². The fourth-order valence-corrected chi connectivity index (χ4v) is 5.11. The quantitative estimate of drug-likeness (QED) is 0.278. The molecular weight excluding hydrogens is 513 g/mol. The van der Waals surface area contributed by atoms with Crippen LogP contribution < -0.4 is 10.1 Å². The molecule has 4 aromatic rings. The molecule has 0 saturated carbocycles. The maximum Gasteiger partial charge on any atom is 0.265 e. The normalized spacial score (nSPS) is 12.0. The summed E-state index contributed by atoms with van der Waals surface area (Å²) in [6.07, 6.45) is 1.22. The summed E-state index contributed by atoms with van der Waals surface area (Å²) in [5.74, 6) is 0.750. The average molecular weight is 534 g/mol. The number of benzene rings is 3. The number of ether oxygens (including phenoxy) is 1. The Balaban J connectivity index is 1.57. The second kappa shape index (κ2) is 9.23. The Bertz CT molecular complexity index is 1490. The number of thiophene rings is 1. The minimum atomic E-state index is -3.31. The number of carbonyl (C=O) groups is 1. The third-order valence-electron chi connectivity index (χ3n) is 5.54. The Kier molecular flexibility index (Phi) is 6.66. The predicted octanol–water partition coefficient (Wildman–Crippen LogP) is 7.53. The van der Waals surface area contributed by atoms with E-state index in [0.29, 0.717) is 37.7 Å². The third kappa shape index (κ3) is 5.23. The lowest BCUT2D eigenvalue weighted by Crippen LogP contribution is -2.27. The lowest BCUT2D eigenvalue weighted by Gasteiger charge is -2.23. The van der Waals surface area contributed by atoms with Gasteiger partial charge in [-0.05, 0) is 79.4 Å². The maximum atomic E-state index is 12.9. The largest absolute Gasteiger partial charge is 0.457 e. The highest BCUT2D eigenvalue weighted by atomic mass is 35.5. The van der Waals surface area contributed by atoms with E-state index in [4.69, 9.17) is 27.9 Å². The number of sulfone groups is 1. The van der Waals surface area contributed by atoms with Crippen molar-refractivity contribution in [1.29, 1.82) is 0 Å². The summed E-state index contributed by atoms with van der Waals surface area (Å²) in [5.41, 5.74) is 1.16. The van der Waals surface area contributed by atoms with Crippen molar-refractivity contribution in [3.8, 4) is 11.5 Å². The Morgan fingerprint density at radius 3 is 2.29 bits per heavy atom. The van der Waals surface area contributed by atoms with Crippen LogP contribution >= 0.6 is 34.5 Å². The van der Waals surface area contributed by atoms with Crippen LogP contribution in [0.15, 0.2) is 66.7 Å². The van der Waals surface area contributed by atoms with E-state index in [2.05, 4.69) is 5.32 Å². The van der Waals surface area contributed by atoms with Crippen molar-refractivity contribution in [2.24, 2.45) is 0 Å². The second-order valence-electron chi connectivity index (χ2n) is 8.33. The summed E-state index contributed by atoms with van der Waals surface area (Å²) in [6.45, 7) is 3.35. The van der Waals surface area contributed by atoms with Gasteiger partial charge in [0.2, 0.25) is 0 Å². The highest BCUT2D eigenvalue weighted by Gasteiger charge is 2.32. The molecule has 3 aromatic carbocycles. The topological polar surface area (TPSA) is 72.5 Å². The first-order valence-electron chi connectivity index (χ1n) is 10.2. The zero-order valence-electron chi connectivity index (χ0n) is 18.6. The van der Waals surface area contributed by atoms with Gasteiger partial charge in [0.15, 0.2) is 9.84 Å². The molecule has 0 atom stereocenters. The number of amides is 1. The van der Waals surface area contributed by atoms with E-state index in [1.54, 1.807) is 68.4 Å². The summed E-state index contributed by atoms with van der Waals surface area (Å²) in [6, 6.07) is 19.1. The van der Waals surface area contributed by atoms with Crippen molar-refractivity contribution >= 4 is 66.1 Å². The number of halogens is 2. The van der Waals surface area contributed by atoms with Crippen molar-refractivity contribution in [3.05, 3.63) is 87.2 Å². The zero-order valence-corrected chi connectivity index (χ0v) is 21.7. The molecule has 0 aliphatic heterocycles. The molecule has 0 radical (unpaired) electrons. The summed E-state index contributed by atoms with van der Waals surface area (Å²) in [5, 5.41) is 4.67. The van der Waals surface area contributed by atoms with Gasteiger partial charge < -0.3 is 10.1 Å². The van der Waals surface area contributed by atoms with Crippen molar-refractivity contribution < 1.29 is 17.9 Å². The van der Waals surface area contributed by atoms with Crippen LogP contribution in [0.4, 0.5) is 5.69 Å². The van der Waals surface area contributed by atoms with Crippen molar-refractivity contribution in [2.75, 3.05) is 11.6 Å². The molecule has 1 aromatic heterocycles. The molecule has 176 valence electrons. The number of rotatable bonds is 6. The van der Waals surface area contributed by atoms with Crippen LogP contribution in [-0.2, 0) is 14.6 Å². The van der Waals surface area contributed by atoms with Gasteiger partial charge in [0.25, 0.3) is 5.91 Å². The van der Waals surface area contributed by atoms with Gasteiger partial charge in [0, 0.05) is 32.8 Å². The minimum absolute atomic E-state index is 0.301. The molecule has 5 nitrogen and oxygen atoms in total. The van der Waals surface area contributed by atoms with Gasteiger partial charge in [-0.1, -0.05) is 29.3 Å². The highest BCUT2D eigenvalue weighted by Crippen LogP contribution is 2.35. The van der Waals surface area contributed by atoms with E-state index >= 15 is 0 Å². The third-order valence-corrected chi connectivity index (χ3v) is 9.22. The first-order chi connectivity index (χ1) is 15.9. The Hall–Kier alpha value is -2.58. The molecule has 0 unspecified atom stereocenters. The number of carbonyl (C=O) groups excluding carboxylic acids is 1. The van der Waals surface area contributed by atoms with E-state index in [0.717, 1.165) is 10.1 Å². The summed E-state index contributed by atoms with van der Waals surface area (Å²) in [7, 11) is -3.31. The van der Waals surface area contributed by atoms with E-state index in [1.165, 1.54) is 17.6 Å². The fourth-order valence-electron chi connectivity index (χ4n) is 3.27. The molecule has 0 aliphatic rings. The van der Waals surface area contributed by atoms with Crippen molar-refractivity contribution in [1.82, 2.24) is 0 Å². The first-order valence-corrected chi connectivity index (χ1v) is 13.7. The molecule has 9 heteroatoms. The molecule has 0 spiro atoms. The molecule has 34 heavy (non-hydrogen) atoms. The van der Waals surface area contributed by atoms with E-state index in [-0.39, 0.29) is 5.91 Å². The second-order valence-corrected chi connectivity index (χ2v) is 12.9. The minimum Gasteiger partial charge on any atom is -0.457 e. The van der Waals surface area contributed by atoms with Crippen LogP contribution in [0.25, 0.3) is 10.1 Å². The monoisotopic (exact) mass is 533 g/mol. The molecule has 0 aliphatic carbocycles. The fraction of sp³-hybridized carbons (Fsp3) is 0.160. The highest BCUT2D eigenvalue weighted by molar-refractivity contribution is 7.91. The number of hydrogen-bond donors (Lipinski definition) is 1. The smallest absolute Gasteiger partial charge is 0.265 e. The molecule has 4 rings (SSSR count). The van der Waals surface area contributed by atoms with E-state index in [9.17, 15) is 13.2 Å². The Morgan fingerprint density at radius 1 is 0.912 bits per heavy atom. The SMILES string of the molecule is CC(C)(c1ccc2sc(C(=O)Nc3cc(Cl)cc(Oc4ccc(Cl)cc4)c3)cc2c1)S(C)(=O)=O. The van der Waals surface area contributed by atoms with E-state index in [1.807, 2.05) is 12.1 Å². The summed E-state index contributed by atoms with van der Waals surface area (Å²) in [4.78, 5) is 13.4. The molecule has 1 amide bonds. The van der Waals surface area contributed by atoms with Crippen LogP contribution in [0.1, 0.15) is 29.1 Å². The summed E-state index contributed by atoms with van der Waals surface area (Å²) >= 11 is 13.5. The van der Waals surface area contributed by atoms with Gasteiger partial charge in [-0.2, -0.15) is 0 Å². The van der Waals surface area contributed by atoms with Gasteiger partial charge in [-0.3, -0.25) is 4.79 Å². The van der Waals surface area contributed by atoms with Gasteiger partial charge in [-0.15, -0.1) is 11.3 Å². The number of hydrogen-bond acceptors (Lipinski definition) is 5. The van der Waals surface area contributed by atoms with Gasteiger partial charge >= 0.3 is 0 Å². The molecular formula is C25H21Cl2NO4S2. The predicted molar refractivity (Wildman–Crippen MR) is 141 cm³/mol. The van der Waals surface area contributed by atoms with Gasteiger partial charge in [0.1, 0.15) is 11.5 Å². The Morgan fingerprint density at radius 2 is 1.62 bits per heavy atom. The zero-order chi connectivity index (χ0) is 24.7. The summed E-state index contributed by atoms with van der Waals surface area (Å²) < 4.78 is 30.1. The lowest BCUT2D eigenvalue weighted by atomic mass is 10.0. The molecule has 1 heterocycles. The molecule has 1 N–H and O–H groups in total. The Labute approximate surface area is 212 Å². The molecule has 0 fully saturated rings. The number of nitrogens with one attached hydrogen (secondary N) is 1. The molecule has 0 bridgehead atoms. The van der Waals surface area contributed by atoms with Crippen LogP contribution in [0.3, 0.4) is 0 Å². The van der Waals surface area contributed by atoms with Crippen LogP contribution in [0.2, 0.25) is 10.0 Å². The standard InChI is InChI=1S/C25H21Cl2NO4S2/c1-25(2,34(3,30)31)16-4-9-22-15(10-16)11-23(33-22)24(29)28-19-12-18(27)13-21(14-19)32-20-7-5-17(26)6-8-20/h4-14H,1-3H3,(H,28,29). The van der Waals surface area contributed by atoms with Gasteiger partial charge in [0.05, 0.1) is 9.62 Å². The van der Waals surface area contributed by atoms with Crippen molar-refractivity contribution in [3.63, 3.8) is 0 Å². The number of fused-ring (bicyclic) bond motifs is 1.